The predicted molar refractivity (Wildman–Crippen MR) is 119 cm³/mol. The van der Waals surface area contributed by atoms with Gasteiger partial charge in [0.15, 0.2) is 5.65 Å². The first kappa shape index (κ1) is 22.6. The molecular weight excluding hydrogens is 430 g/mol. The van der Waals surface area contributed by atoms with Crippen molar-refractivity contribution in [1.82, 2.24) is 34.3 Å². The highest BCUT2D eigenvalue weighted by molar-refractivity contribution is 5.93. The van der Waals surface area contributed by atoms with E-state index in [-0.39, 0.29) is 29.0 Å². The molecule has 9 nitrogen and oxygen atoms in total. The molecule has 4 heterocycles. The summed E-state index contributed by atoms with van der Waals surface area (Å²) < 4.78 is 32.0. The van der Waals surface area contributed by atoms with Crippen molar-refractivity contribution in [3.8, 4) is 0 Å². The molecule has 0 unspecified atom stereocenters. The minimum Gasteiger partial charge on any atom is -0.321 e. The second kappa shape index (κ2) is 8.38. The average molecular weight is 457 g/mol. The van der Waals surface area contributed by atoms with Gasteiger partial charge in [-0.2, -0.15) is 15.3 Å². The molecule has 33 heavy (non-hydrogen) atoms. The Bertz CT molecular complexity index is 1360. The maximum Gasteiger partial charge on any atom is 0.264 e. The molecule has 0 spiro atoms. The maximum atomic E-state index is 13.5. The second-order valence-corrected chi connectivity index (χ2v) is 8.26. The Morgan fingerprint density at radius 2 is 1.64 bits per heavy atom. The van der Waals surface area contributed by atoms with Gasteiger partial charge < -0.3 is 5.32 Å². The third-order valence-corrected chi connectivity index (χ3v) is 5.58. The standard InChI is InChI=1S/C22H26F2N8O/c1-11-8-17(21(23)24)19-14(4)28-30(22(19)25-11)9-18(33)26-20-15(5)29-32(16(20)6)10-31-13(3)7-12(2)27-31/h7-8,21H,9-10H2,1-6H3,(H,26,33). The third kappa shape index (κ3) is 4.22. The summed E-state index contributed by atoms with van der Waals surface area (Å²) in [5.74, 6) is -0.349. The van der Waals surface area contributed by atoms with Crippen LogP contribution >= 0.6 is 0 Å². The molecule has 0 radical (unpaired) electrons. The highest BCUT2D eigenvalue weighted by atomic mass is 19.3. The number of anilines is 1. The van der Waals surface area contributed by atoms with Gasteiger partial charge in [0.2, 0.25) is 5.91 Å². The molecule has 174 valence electrons. The normalized spacial score (nSPS) is 11.7. The number of carbonyl (C=O) groups is 1. The van der Waals surface area contributed by atoms with Crippen LogP contribution in [0.4, 0.5) is 14.5 Å². The molecule has 11 heteroatoms. The van der Waals surface area contributed by atoms with Gasteiger partial charge in [0.05, 0.1) is 33.8 Å². The fourth-order valence-corrected chi connectivity index (χ4v) is 4.08. The van der Waals surface area contributed by atoms with Crippen LogP contribution in [0.25, 0.3) is 11.0 Å². The van der Waals surface area contributed by atoms with Crippen molar-refractivity contribution in [3.63, 3.8) is 0 Å². The molecule has 0 aromatic carbocycles. The van der Waals surface area contributed by atoms with E-state index in [0.29, 0.717) is 29.4 Å². The molecule has 0 aliphatic carbocycles. The largest absolute Gasteiger partial charge is 0.321 e. The zero-order valence-corrected chi connectivity index (χ0v) is 19.4. The third-order valence-electron chi connectivity index (χ3n) is 5.58. The van der Waals surface area contributed by atoms with Gasteiger partial charge in [-0.1, -0.05) is 0 Å². The number of nitrogens with one attached hydrogen (secondary N) is 1. The van der Waals surface area contributed by atoms with E-state index in [9.17, 15) is 13.6 Å². The molecule has 0 fully saturated rings. The zero-order chi connectivity index (χ0) is 24.0. The molecule has 4 rings (SSSR count). The first-order valence-electron chi connectivity index (χ1n) is 10.5. The highest BCUT2D eigenvalue weighted by Gasteiger charge is 2.21. The number of halogens is 2. The van der Waals surface area contributed by atoms with E-state index in [0.717, 1.165) is 17.1 Å². The van der Waals surface area contributed by atoms with Gasteiger partial charge in [-0.05, 0) is 53.7 Å². The lowest BCUT2D eigenvalue weighted by molar-refractivity contribution is -0.116. The van der Waals surface area contributed by atoms with Crippen molar-refractivity contribution in [2.45, 2.75) is 61.2 Å². The molecule has 0 atom stereocenters. The first-order chi connectivity index (χ1) is 15.5. The van der Waals surface area contributed by atoms with Crippen LogP contribution in [0.15, 0.2) is 12.1 Å². The monoisotopic (exact) mass is 456 g/mol. The number of pyridine rings is 1. The van der Waals surface area contributed by atoms with Crippen molar-refractivity contribution < 1.29 is 13.6 Å². The lowest BCUT2D eigenvalue weighted by Crippen LogP contribution is -2.21. The molecule has 0 aliphatic heterocycles. The number of rotatable bonds is 6. The van der Waals surface area contributed by atoms with Crippen molar-refractivity contribution >= 4 is 22.6 Å². The van der Waals surface area contributed by atoms with Gasteiger partial charge in [0.25, 0.3) is 6.43 Å². The van der Waals surface area contributed by atoms with E-state index in [4.69, 9.17) is 0 Å². The van der Waals surface area contributed by atoms with Crippen LogP contribution in [-0.2, 0) is 18.0 Å². The Hall–Kier alpha value is -3.63. The number of alkyl halides is 2. The average Bonchev–Trinajstić information content (AvgIpc) is 3.30. The second-order valence-electron chi connectivity index (χ2n) is 8.26. The Kier molecular flexibility index (Phi) is 5.73. The topological polar surface area (TPSA) is 95.5 Å². The summed E-state index contributed by atoms with van der Waals surface area (Å²) >= 11 is 0. The molecular formula is C22H26F2N8O. The van der Waals surface area contributed by atoms with Crippen LogP contribution in [0.3, 0.4) is 0 Å². The van der Waals surface area contributed by atoms with E-state index < -0.39 is 6.43 Å². The number of hydrogen-bond acceptors (Lipinski definition) is 5. The number of nitrogens with zero attached hydrogens (tertiary/aromatic N) is 7. The Morgan fingerprint density at radius 1 is 0.939 bits per heavy atom. The molecule has 0 bridgehead atoms. The van der Waals surface area contributed by atoms with Gasteiger partial charge in [-0.15, -0.1) is 0 Å². The van der Waals surface area contributed by atoms with E-state index in [2.05, 4.69) is 25.6 Å². The number of aryl methyl sites for hydroxylation is 5. The van der Waals surface area contributed by atoms with Crippen LogP contribution in [0.5, 0.6) is 0 Å². The first-order valence-corrected chi connectivity index (χ1v) is 10.5. The van der Waals surface area contributed by atoms with Gasteiger partial charge in [-0.25, -0.2) is 27.8 Å². The number of amides is 1. The molecule has 0 saturated carbocycles. The van der Waals surface area contributed by atoms with Crippen LogP contribution in [0.2, 0.25) is 0 Å². The van der Waals surface area contributed by atoms with Crippen molar-refractivity contribution in [3.05, 3.63) is 51.9 Å². The summed E-state index contributed by atoms with van der Waals surface area (Å²) in [6, 6.07) is 3.34. The van der Waals surface area contributed by atoms with Gasteiger partial charge in [0, 0.05) is 17.0 Å². The number of fused-ring (bicyclic) bond motifs is 1. The predicted octanol–water partition coefficient (Wildman–Crippen LogP) is 3.76. The fraction of sp³-hybridized carbons (Fsp3) is 0.409. The minimum absolute atomic E-state index is 0.126. The van der Waals surface area contributed by atoms with Crippen LogP contribution < -0.4 is 5.32 Å². The van der Waals surface area contributed by atoms with Gasteiger partial charge in [-0.3, -0.25) is 4.79 Å². The van der Waals surface area contributed by atoms with Crippen molar-refractivity contribution in [2.24, 2.45) is 0 Å². The Balaban J connectivity index is 1.58. The summed E-state index contributed by atoms with van der Waals surface area (Å²) in [5, 5.41) is 16.5. The minimum atomic E-state index is -2.65. The fourth-order valence-electron chi connectivity index (χ4n) is 4.08. The quantitative estimate of drug-likeness (QED) is 0.477. The van der Waals surface area contributed by atoms with Crippen LogP contribution in [-0.4, -0.2) is 40.2 Å². The van der Waals surface area contributed by atoms with Crippen LogP contribution in [0, 0.1) is 41.5 Å². The van der Waals surface area contributed by atoms with Crippen LogP contribution in [0.1, 0.15) is 46.2 Å². The molecule has 4 aromatic heterocycles. The molecule has 0 saturated heterocycles. The van der Waals surface area contributed by atoms with Gasteiger partial charge >= 0.3 is 0 Å². The van der Waals surface area contributed by atoms with Crippen molar-refractivity contribution in [1.29, 1.82) is 0 Å². The zero-order valence-electron chi connectivity index (χ0n) is 19.4. The number of carbonyl (C=O) groups excluding carboxylic acids is 1. The van der Waals surface area contributed by atoms with Crippen molar-refractivity contribution in [2.75, 3.05) is 5.32 Å². The lowest BCUT2D eigenvalue weighted by atomic mass is 10.1. The van der Waals surface area contributed by atoms with E-state index >= 15 is 0 Å². The Labute approximate surface area is 189 Å². The summed E-state index contributed by atoms with van der Waals surface area (Å²) in [7, 11) is 0. The molecule has 1 N–H and O–H groups in total. The number of hydrogen-bond donors (Lipinski definition) is 1. The lowest BCUT2D eigenvalue weighted by Gasteiger charge is -2.09. The summed E-state index contributed by atoms with van der Waals surface area (Å²) in [5.41, 5.74) is 4.97. The smallest absolute Gasteiger partial charge is 0.264 e. The highest BCUT2D eigenvalue weighted by Crippen LogP contribution is 2.30. The molecule has 4 aromatic rings. The summed E-state index contributed by atoms with van der Waals surface area (Å²) in [6.45, 7) is 11.1. The number of aromatic nitrogens is 7. The van der Waals surface area contributed by atoms with E-state index in [1.807, 2.05) is 38.4 Å². The SMILES string of the molecule is Cc1cc(C(F)F)c2c(C)nn(CC(=O)Nc3c(C)nn(Cn4nc(C)cc4C)c3C)c2n1. The summed E-state index contributed by atoms with van der Waals surface area (Å²) in [4.78, 5) is 17.2. The summed E-state index contributed by atoms with van der Waals surface area (Å²) in [6.07, 6.45) is -2.65. The van der Waals surface area contributed by atoms with E-state index in [1.54, 1.807) is 18.5 Å². The van der Waals surface area contributed by atoms with Gasteiger partial charge in [0.1, 0.15) is 13.2 Å². The maximum absolute atomic E-state index is 13.5. The molecule has 0 aliphatic rings. The Morgan fingerprint density at radius 3 is 2.27 bits per heavy atom. The molecule has 1 amide bonds. The van der Waals surface area contributed by atoms with E-state index in [1.165, 1.54) is 10.7 Å².